The van der Waals surface area contributed by atoms with Crippen molar-refractivity contribution in [3.8, 4) is 0 Å². The number of hydrogen-bond acceptors (Lipinski definition) is 4. The normalized spacial score (nSPS) is 12.2. The molecule has 0 radical (unpaired) electrons. The first-order valence-corrected chi connectivity index (χ1v) is 20.0. The van der Waals surface area contributed by atoms with Gasteiger partial charge in [0.25, 0.3) is 0 Å². The van der Waals surface area contributed by atoms with E-state index in [9.17, 15) is 4.79 Å². The van der Waals surface area contributed by atoms with Gasteiger partial charge < -0.3 is 4.74 Å². The summed E-state index contributed by atoms with van der Waals surface area (Å²) in [6, 6.07) is 37.7. The molecule has 0 N–H and O–H groups in total. The molecular weight excluding hydrogens is 578 g/mol. The van der Waals surface area contributed by atoms with Gasteiger partial charge in [0, 0.05) is 18.5 Å². The SMILES string of the molecule is CCOC(=O)CCCCCC/C(=C/P(=S)(c1ccccc1)c1ccccc1)P(=S)(c1ccccc1)c1ccccc1. The number of esters is 1. The van der Waals surface area contributed by atoms with Crippen molar-refractivity contribution in [1.29, 1.82) is 0 Å². The van der Waals surface area contributed by atoms with Crippen molar-refractivity contribution in [2.45, 2.75) is 45.4 Å². The molecule has 0 saturated heterocycles. The average Bonchev–Trinajstić information content (AvgIpc) is 3.03. The van der Waals surface area contributed by atoms with Gasteiger partial charge in [-0.25, -0.2) is 0 Å². The number of benzene rings is 4. The highest BCUT2D eigenvalue weighted by Gasteiger charge is 2.30. The minimum Gasteiger partial charge on any atom is -0.466 e. The number of rotatable bonds is 14. The molecule has 0 fully saturated rings. The average molecular weight is 617 g/mol. The quantitative estimate of drug-likeness (QED) is 0.0815. The second-order valence-electron chi connectivity index (χ2n) is 9.95. The number of carbonyl (C=O) groups is 1. The highest BCUT2D eigenvalue weighted by atomic mass is 32.4. The first kappa shape index (κ1) is 31.3. The summed E-state index contributed by atoms with van der Waals surface area (Å²) in [6.07, 6.45) is 5.19. The summed E-state index contributed by atoms with van der Waals surface area (Å²) < 4.78 is 5.10. The highest BCUT2D eigenvalue weighted by Crippen LogP contribution is 2.59. The monoisotopic (exact) mass is 616 g/mol. The molecule has 41 heavy (non-hydrogen) atoms. The number of unbranched alkanes of at least 4 members (excludes halogenated alkanes) is 3. The first-order chi connectivity index (χ1) is 20.0. The highest BCUT2D eigenvalue weighted by molar-refractivity contribution is 8.25. The molecule has 0 aliphatic rings. The van der Waals surface area contributed by atoms with Crippen LogP contribution in [-0.2, 0) is 33.1 Å². The molecule has 0 aliphatic heterocycles. The second-order valence-corrected chi connectivity index (χ2v) is 18.8. The summed E-state index contributed by atoms with van der Waals surface area (Å²) in [7, 11) is 0. The fourth-order valence-electron chi connectivity index (χ4n) is 5.03. The van der Waals surface area contributed by atoms with E-state index in [-0.39, 0.29) is 5.97 Å². The predicted molar refractivity (Wildman–Crippen MR) is 185 cm³/mol. The van der Waals surface area contributed by atoms with Crippen LogP contribution < -0.4 is 21.2 Å². The fourth-order valence-corrected chi connectivity index (χ4v) is 14.0. The van der Waals surface area contributed by atoms with Crippen LogP contribution in [-0.4, -0.2) is 12.6 Å². The third-order valence-electron chi connectivity index (χ3n) is 7.12. The summed E-state index contributed by atoms with van der Waals surface area (Å²) in [5, 5.41) is 6.02. The van der Waals surface area contributed by atoms with E-state index in [1.807, 2.05) is 19.1 Å². The predicted octanol–water partition coefficient (Wildman–Crippen LogP) is 7.99. The Morgan fingerprint density at radius 3 is 1.41 bits per heavy atom. The van der Waals surface area contributed by atoms with Crippen LogP contribution in [0.2, 0.25) is 0 Å². The zero-order valence-corrected chi connectivity index (χ0v) is 27.0. The smallest absolute Gasteiger partial charge is 0.305 e. The third kappa shape index (κ3) is 8.02. The van der Waals surface area contributed by atoms with E-state index in [0.29, 0.717) is 13.0 Å². The lowest BCUT2D eigenvalue weighted by atomic mass is 10.1. The molecule has 0 bridgehead atoms. The molecule has 0 spiro atoms. The van der Waals surface area contributed by atoms with Crippen molar-refractivity contribution in [3.05, 3.63) is 132 Å². The van der Waals surface area contributed by atoms with Crippen LogP contribution in [0.25, 0.3) is 0 Å². The Morgan fingerprint density at radius 1 is 0.610 bits per heavy atom. The van der Waals surface area contributed by atoms with E-state index in [1.54, 1.807) is 0 Å². The van der Waals surface area contributed by atoms with Gasteiger partial charge in [0.05, 0.1) is 6.61 Å². The first-order valence-electron chi connectivity index (χ1n) is 14.3. The van der Waals surface area contributed by atoms with Crippen molar-refractivity contribution in [2.24, 2.45) is 0 Å². The van der Waals surface area contributed by atoms with Crippen LogP contribution in [0.3, 0.4) is 0 Å². The number of allylic oxidation sites excluding steroid dienone is 1. The summed E-state index contributed by atoms with van der Waals surface area (Å²) in [5.74, 6) is 2.31. The Bertz CT molecular complexity index is 1420. The van der Waals surface area contributed by atoms with E-state index in [2.05, 4.69) is 115 Å². The second kappa shape index (κ2) is 15.6. The summed E-state index contributed by atoms with van der Waals surface area (Å²) in [5.41, 5.74) is 0. The Hall–Kier alpha value is -2.61. The summed E-state index contributed by atoms with van der Waals surface area (Å²) in [4.78, 5) is 11.8. The number of hydrogen-bond donors (Lipinski definition) is 0. The van der Waals surface area contributed by atoms with Crippen LogP contribution in [0.4, 0.5) is 0 Å². The standard InChI is InChI=1S/C35H38O2P2S2/c1-2-37-35(36)28-18-4-3-9-27-34(39(41,32-23-14-7-15-24-32)33-25-16-8-17-26-33)29-38(40,30-19-10-5-11-20-30)31-21-12-6-13-22-31/h5-8,10-17,19-26,29H,2-4,9,18,27-28H2,1H3/b34-29-. The Labute approximate surface area is 255 Å². The van der Waals surface area contributed by atoms with Gasteiger partial charge >= 0.3 is 5.97 Å². The molecule has 4 aromatic carbocycles. The zero-order valence-electron chi connectivity index (χ0n) is 23.6. The lowest BCUT2D eigenvalue weighted by Gasteiger charge is -2.30. The lowest BCUT2D eigenvalue weighted by Crippen LogP contribution is -2.19. The molecule has 0 amide bonds. The van der Waals surface area contributed by atoms with Gasteiger partial charge in [-0.3, -0.25) is 4.79 Å². The van der Waals surface area contributed by atoms with Crippen LogP contribution in [0.15, 0.2) is 132 Å². The minimum atomic E-state index is -2.37. The maximum atomic E-state index is 11.8. The molecule has 0 atom stereocenters. The molecule has 2 nitrogen and oxygen atoms in total. The Kier molecular flexibility index (Phi) is 11.9. The largest absolute Gasteiger partial charge is 0.466 e. The van der Waals surface area contributed by atoms with E-state index >= 15 is 0 Å². The van der Waals surface area contributed by atoms with E-state index in [4.69, 9.17) is 28.4 Å². The van der Waals surface area contributed by atoms with Crippen LogP contribution in [0.5, 0.6) is 0 Å². The molecule has 0 aliphatic carbocycles. The zero-order chi connectivity index (χ0) is 29.0. The molecular formula is C35H38O2P2S2. The van der Waals surface area contributed by atoms with Gasteiger partial charge in [0.1, 0.15) is 0 Å². The molecule has 0 saturated carbocycles. The minimum absolute atomic E-state index is 0.108. The van der Waals surface area contributed by atoms with Crippen LogP contribution >= 0.6 is 12.1 Å². The molecule has 212 valence electrons. The van der Waals surface area contributed by atoms with E-state index < -0.39 is 12.1 Å². The molecule has 4 aromatic rings. The van der Waals surface area contributed by atoms with E-state index in [1.165, 1.54) is 26.5 Å². The summed E-state index contributed by atoms with van der Waals surface area (Å²) in [6.45, 7) is 2.29. The van der Waals surface area contributed by atoms with Gasteiger partial charge in [0.15, 0.2) is 0 Å². The van der Waals surface area contributed by atoms with Crippen molar-refractivity contribution in [1.82, 2.24) is 0 Å². The molecule has 4 rings (SSSR count). The molecule has 0 heterocycles. The summed E-state index contributed by atoms with van der Waals surface area (Å²) >= 11 is 13.6. The van der Waals surface area contributed by atoms with Gasteiger partial charge in [-0.05, 0) is 58.5 Å². The van der Waals surface area contributed by atoms with Crippen molar-refractivity contribution in [2.75, 3.05) is 6.61 Å². The van der Waals surface area contributed by atoms with Gasteiger partial charge in [0.2, 0.25) is 0 Å². The number of carbonyl (C=O) groups excluding carboxylic acids is 1. The molecule has 6 heteroatoms. The van der Waals surface area contributed by atoms with Crippen LogP contribution in [0, 0.1) is 0 Å². The lowest BCUT2D eigenvalue weighted by molar-refractivity contribution is -0.143. The van der Waals surface area contributed by atoms with Gasteiger partial charge in [-0.15, -0.1) is 0 Å². The Balaban J connectivity index is 1.80. The maximum Gasteiger partial charge on any atom is 0.305 e. The molecule has 0 aromatic heterocycles. The third-order valence-corrected chi connectivity index (χ3v) is 16.9. The van der Waals surface area contributed by atoms with E-state index in [0.717, 1.165) is 32.1 Å². The van der Waals surface area contributed by atoms with Crippen molar-refractivity contribution >= 4 is 62.9 Å². The van der Waals surface area contributed by atoms with Crippen molar-refractivity contribution in [3.63, 3.8) is 0 Å². The Morgan fingerprint density at radius 2 is 1.00 bits per heavy atom. The maximum absolute atomic E-state index is 11.8. The topological polar surface area (TPSA) is 26.3 Å². The van der Waals surface area contributed by atoms with Gasteiger partial charge in [-0.2, -0.15) is 0 Å². The van der Waals surface area contributed by atoms with Gasteiger partial charge in [-0.1, -0.05) is 158 Å². The molecule has 0 unspecified atom stereocenters. The van der Waals surface area contributed by atoms with Crippen LogP contribution in [0.1, 0.15) is 45.4 Å². The number of ether oxygens (including phenoxy) is 1. The fraction of sp³-hybridized carbons (Fsp3) is 0.229. The van der Waals surface area contributed by atoms with Crippen molar-refractivity contribution < 1.29 is 9.53 Å².